The topological polar surface area (TPSA) is 12.0 Å². The lowest BCUT2D eigenvalue weighted by molar-refractivity contribution is 0.399. The van der Waals surface area contributed by atoms with E-state index in [0.717, 1.165) is 24.3 Å². The summed E-state index contributed by atoms with van der Waals surface area (Å²) in [6.07, 6.45) is 7.23. The van der Waals surface area contributed by atoms with E-state index in [1.165, 1.54) is 25.7 Å². The Labute approximate surface area is 114 Å². The van der Waals surface area contributed by atoms with Gasteiger partial charge in [0, 0.05) is 6.04 Å². The third-order valence-electron chi connectivity index (χ3n) is 4.00. The zero-order valence-electron chi connectivity index (χ0n) is 10.9. The summed E-state index contributed by atoms with van der Waals surface area (Å²) in [6, 6.07) is 5.61. The molecule has 1 unspecified atom stereocenters. The molecule has 100 valence electrons. The Balaban J connectivity index is 1.98. The van der Waals surface area contributed by atoms with Crippen LogP contribution in [0.25, 0.3) is 0 Å². The van der Waals surface area contributed by atoms with Crippen LogP contribution in [0.4, 0.5) is 4.39 Å². The summed E-state index contributed by atoms with van der Waals surface area (Å²) in [5, 5.41) is 3.54. The van der Waals surface area contributed by atoms with Crippen LogP contribution in [0.2, 0.25) is 5.02 Å². The van der Waals surface area contributed by atoms with Crippen LogP contribution in [0.3, 0.4) is 0 Å². The van der Waals surface area contributed by atoms with E-state index in [1.54, 1.807) is 6.07 Å². The van der Waals surface area contributed by atoms with Crippen molar-refractivity contribution in [2.24, 2.45) is 5.92 Å². The standard InChI is InChI=1S/C15H21ClFN/c1-18-13(9-11-5-2-3-6-11)10-12-7-4-8-14(16)15(12)17/h4,7-8,11,13,18H,2-3,5-6,9-10H2,1H3. The maximum Gasteiger partial charge on any atom is 0.145 e. The van der Waals surface area contributed by atoms with Gasteiger partial charge in [-0.2, -0.15) is 0 Å². The van der Waals surface area contributed by atoms with Crippen LogP contribution < -0.4 is 5.32 Å². The number of benzene rings is 1. The number of halogens is 2. The fourth-order valence-corrected chi connectivity index (χ4v) is 3.12. The predicted molar refractivity (Wildman–Crippen MR) is 74.5 cm³/mol. The van der Waals surface area contributed by atoms with Gasteiger partial charge in [-0.3, -0.25) is 0 Å². The highest BCUT2D eigenvalue weighted by molar-refractivity contribution is 6.30. The highest BCUT2D eigenvalue weighted by atomic mass is 35.5. The first kappa shape index (κ1) is 13.8. The number of hydrogen-bond donors (Lipinski definition) is 1. The first-order valence-corrected chi connectivity index (χ1v) is 7.18. The number of rotatable bonds is 5. The molecule has 0 heterocycles. The van der Waals surface area contributed by atoms with Gasteiger partial charge in [0.2, 0.25) is 0 Å². The van der Waals surface area contributed by atoms with Crippen molar-refractivity contribution in [3.63, 3.8) is 0 Å². The molecule has 0 bridgehead atoms. The molecule has 1 aliphatic carbocycles. The van der Waals surface area contributed by atoms with Crippen LogP contribution in [-0.2, 0) is 6.42 Å². The van der Waals surface area contributed by atoms with E-state index in [0.29, 0.717) is 6.04 Å². The van der Waals surface area contributed by atoms with E-state index in [4.69, 9.17) is 11.6 Å². The third kappa shape index (κ3) is 3.46. The lowest BCUT2D eigenvalue weighted by Gasteiger charge is -2.20. The molecule has 1 N–H and O–H groups in total. The van der Waals surface area contributed by atoms with Crippen molar-refractivity contribution in [1.82, 2.24) is 5.32 Å². The quantitative estimate of drug-likeness (QED) is 0.845. The molecule has 0 radical (unpaired) electrons. The molecule has 1 nitrogen and oxygen atoms in total. The summed E-state index contributed by atoms with van der Waals surface area (Å²) in [4.78, 5) is 0. The Morgan fingerprint density at radius 2 is 2.11 bits per heavy atom. The van der Waals surface area contributed by atoms with Gasteiger partial charge in [0.15, 0.2) is 0 Å². The molecule has 2 rings (SSSR count). The molecule has 1 aromatic carbocycles. The van der Waals surface area contributed by atoms with Crippen molar-refractivity contribution in [3.05, 3.63) is 34.6 Å². The van der Waals surface area contributed by atoms with Gasteiger partial charge < -0.3 is 5.32 Å². The van der Waals surface area contributed by atoms with Gasteiger partial charge in [-0.25, -0.2) is 4.39 Å². The third-order valence-corrected chi connectivity index (χ3v) is 4.29. The van der Waals surface area contributed by atoms with Crippen molar-refractivity contribution in [1.29, 1.82) is 0 Å². The Morgan fingerprint density at radius 3 is 2.78 bits per heavy atom. The van der Waals surface area contributed by atoms with Crippen LogP contribution in [0.15, 0.2) is 18.2 Å². The molecule has 0 saturated heterocycles. The van der Waals surface area contributed by atoms with E-state index < -0.39 is 0 Å². The predicted octanol–water partition coefficient (Wildman–Crippen LogP) is 4.19. The average Bonchev–Trinajstić information content (AvgIpc) is 2.86. The number of hydrogen-bond acceptors (Lipinski definition) is 1. The summed E-state index contributed by atoms with van der Waals surface area (Å²) >= 11 is 5.82. The van der Waals surface area contributed by atoms with E-state index in [1.807, 2.05) is 19.2 Å². The van der Waals surface area contributed by atoms with Crippen LogP contribution in [0.1, 0.15) is 37.7 Å². The van der Waals surface area contributed by atoms with Gasteiger partial charge in [-0.15, -0.1) is 0 Å². The highest BCUT2D eigenvalue weighted by Crippen LogP contribution is 2.29. The molecule has 0 aliphatic heterocycles. The van der Waals surface area contributed by atoms with E-state index >= 15 is 0 Å². The van der Waals surface area contributed by atoms with Crippen molar-refractivity contribution in [2.45, 2.75) is 44.6 Å². The average molecular weight is 270 g/mol. The van der Waals surface area contributed by atoms with Crippen molar-refractivity contribution in [2.75, 3.05) is 7.05 Å². The maximum absolute atomic E-state index is 13.9. The molecule has 1 fully saturated rings. The molecule has 0 aromatic heterocycles. The number of nitrogens with one attached hydrogen (secondary N) is 1. The fraction of sp³-hybridized carbons (Fsp3) is 0.600. The summed E-state index contributed by atoms with van der Waals surface area (Å²) in [7, 11) is 1.96. The first-order chi connectivity index (χ1) is 8.70. The molecule has 1 saturated carbocycles. The van der Waals surface area contributed by atoms with Crippen LogP contribution >= 0.6 is 11.6 Å². The van der Waals surface area contributed by atoms with E-state index in [2.05, 4.69) is 5.32 Å². The molecular weight excluding hydrogens is 249 g/mol. The largest absolute Gasteiger partial charge is 0.317 e. The summed E-state index contributed by atoms with van der Waals surface area (Å²) in [5.41, 5.74) is 0.722. The summed E-state index contributed by atoms with van der Waals surface area (Å²) in [5.74, 6) is 0.551. The molecule has 1 aliphatic rings. The first-order valence-electron chi connectivity index (χ1n) is 6.81. The molecule has 1 aromatic rings. The molecule has 0 amide bonds. The Kier molecular flexibility index (Phi) is 5.02. The maximum atomic E-state index is 13.9. The second-order valence-corrected chi connectivity index (χ2v) is 5.70. The zero-order chi connectivity index (χ0) is 13.0. The monoisotopic (exact) mass is 269 g/mol. The SMILES string of the molecule is CNC(Cc1cccc(Cl)c1F)CC1CCCC1. The smallest absolute Gasteiger partial charge is 0.145 e. The Bertz CT molecular complexity index is 388. The minimum atomic E-state index is -0.258. The van der Waals surface area contributed by atoms with Gasteiger partial charge in [-0.1, -0.05) is 49.4 Å². The second kappa shape index (κ2) is 6.53. The van der Waals surface area contributed by atoms with Gasteiger partial charge in [0.25, 0.3) is 0 Å². The normalized spacial score (nSPS) is 18.2. The van der Waals surface area contributed by atoms with E-state index in [9.17, 15) is 4.39 Å². The fourth-order valence-electron chi connectivity index (χ4n) is 2.92. The molecule has 3 heteroatoms. The Morgan fingerprint density at radius 1 is 1.39 bits per heavy atom. The number of likely N-dealkylation sites (N-methyl/N-ethyl adjacent to an activating group) is 1. The zero-order valence-corrected chi connectivity index (χ0v) is 11.6. The lowest BCUT2D eigenvalue weighted by Crippen LogP contribution is -2.30. The van der Waals surface area contributed by atoms with Crippen molar-refractivity contribution in [3.8, 4) is 0 Å². The summed E-state index contributed by atoms with van der Waals surface area (Å²) < 4.78 is 13.9. The van der Waals surface area contributed by atoms with Crippen LogP contribution in [0, 0.1) is 11.7 Å². The van der Waals surface area contributed by atoms with Crippen molar-refractivity contribution >= 4 is 11.6 Å². The van der Waals surface area contributed by atoms with Gasteiger partial charge in [0.05, 0.1) is 5.02 Å². The molecule has 18 heavy (non-hydrogen) atoms. The molecular formula is C15H21ClFN. The minimum absolute atomic E-state index is 0.225. The Hall–Kier alpha value is -0.600. The molecule has 1 atom stereocenters. The van der Waals surface area contributed by atoms with E-state index in [-0.39, 0.29) is 10.8 Å². The van der Waals surface area contributed by atoms with Crippen molar-refractivity contribution < 1.29 is 4.39 Å². The second-order valence-electron chi connectivity index (χ2n) is 5.29. The van der Waals surface area contributed by atoms with Gasteiger partial charge in [0.1, 0.15) is 5.82 Å². The summed E-state index contributed by atoms with van der Waals surface area (Å²) in [6.45, 7) is 0. The highest BCUT2D eigenvalue weighted by Gasteiger charge is 2.20. The minimum Gasteiger partial charge on any atom is -0.317 e. The molecule has 0 spiro atoms. The van der Waals surface area contributed by atoms with Crippen LogP contribution in [0.5, 0.6) is 0 Å². The van der Waals surface area contributed by atoms with Gasteiger partial charge in [-0.05, 0) is 37.4 Å². The van der Waals surface area contributed by atoms with Gasteiger partial charge >= 0.3 is 0 Å². The lowest BCUT2D eigenvalue weighted by atomic mass is 9.94. The van der Waals surface area contributed by atoms with Crippen LogP contribution in [-0.4, -0.2) is 13.1 Å².